The Morgan fingerprint density at radius 3 is 2.61 bits per heavy atom. The lowest BCUT2D eigenvalue weighted by Gasteiger charge is -2.14. The van der Waals surface area contributed by atoms with Gasteiger partial charge in [0.15, 0.2) is 0 Å². The Balaban J connectivity index is 2.31. The van der Waals surface area contributed by atoms with Crippen molar-refractivity contribution in [2.75, 3.05) is 13.2 Å². The molecule has 0 amide bonds. The lowest BCUT2D eigenvalue weighted by atomic mass is 10.3. The molecule has 0 aliphatic heterocycles. The minimum atomic E-state index is -0.940. The van der Waals surface area contributed by atoms with Crippen molar-refractivity contribution in [3.8, 4) is 0 Å². The van der Waals surface area contributed by atoms with E-state index in [-0.39, 0.29) is 5.91 Å². The second-order valence-electron chi connectivity index (χ2n) is 3.57. The summed E-state index contributed by atoms with van der Waals surface area (Å²) < 4.78 is 11.7. The van der Waals surface area contributed by atoms with Gasteiger partial charge in [0, 0.05) is 13.2 Å². The number of hydrogen-bond donors (Lipinski definition) is 0. The minimum Gasteiger partial charge on any atom is -0.345 e. The van der Waals surface area contributed by atoms with Crippen LogP contribution >= 0.6 is 0 Å². The number of rotatable bonds is 5. The molecule has 0 aliphatic carbocycles. The van der Waals surface area contributed by atoms with Crippen LogP contribution in [-0.2, 0) is 9.47 Å². The molecule has 0 aliphatic rings. The van der Waals surface area contributed by atoms with Gasteiger partial charge in [-0.3, -0.25) is 4.79 Å². The summed E-state index contributed by atoms with van der Waals surface area (Å²) in [4.78, 5) is 12.2. The molecule has 0 bridgehead atoms. The maximum atomic E-state index is 12.2. The van der Waals surface area contributed by atoms with Gasteiger partial charge in [0.25, 0.3) is 0 Å². The van der Waals surface area contributed by atoms with Crippen LogP contribution in [0.1, 0.15) is 18.6 Å². The standard InChI is InChI=1S/C12H15N3O3/c1-3-17-12(18-4-2)11(16)15-10-8-6-5-7-9(10)13-14-15/h5-8,12H,3-4H2,1-2H3. The number of nitrogens with zero attached hydrogens (tertiary/aromatic N) is 3. The molecular weight excluding hydrogens is 234 g/mol. The summed E-state index contributed by atoms with van der Waals surface area (Å²) in [7, 11) is 0. The van der Waals surface area contributed by atoms with E-state index in [0.717, 1.165) is 0 Å². The summed E-state index contributed by atoms with van der Waals surface area (Å²) in [6.45, 7) is 4.39. The lowest BCUT2D eigenvalue weighted by Crippen LogP contribution is -2.33. The van der Waals surface area contributed by atoms with Gasteiger partial charge in [0.2, 0.25) is 6.29 Å². The topological polar surface area (TPSA) is 66.2 Å². The van der Waals surface area contributed by atoms with Crippen LogP contribution in [0.25, 0.3) is 11.0 Å². The number of ether oxygens (including phenoxy) is 2. The number of para-hydroxylation sites is 1. The van der Waals surface area contributed by atoms with Crippen molar-refractivity contribution >= 4 is 16.9 Å². The van der Waals surface area contributed by atoms with Gasteiger partial charge in [-0.15, -0.1) is 5.10 Å². The number of fused-ring (bicyclic) bond motifs is 1. The molecule has 6 heteroatoms. The van der Waals surface area contributed by atoms with Crippen LogP contribution < -0.4 is 0 Å². The third-order valence-corrected chi connectivity index (χ3v) is 2.40. The average Bonchev–Trinajstić information content (AvgIpc) is 2.81. The molecule has 1 aromatic heterocycles. The van der Waals surface area contributed by atoms with E-state index in [9.17, 15) is 4.79 Å². The number of carbonyl (C=O) groups is 1. The molecule has 1 heterocycles. The Morgan fingerprint density at radius 1 is 1.28 bits per heavy atom. The van der Waals surface area contributed by atoms with Crippen molar-refractivity contribution < 1.29 is 14.3 Å². The molecule has 0 N–H and O–H groups in total. The largest absolute Gasteiger partial charge is 0.345 e. The zero-order valence-electron chi connectivity index (χ0n) is 10.4. The third-order valence-electron chi connectivity index (χ3n) is 2.40. The Hall–Kier alpha value is -1.79. The van der Waals surface area contributed by atoms with E-state index in [1.807, 2.05) is 12.1 Å². The number of aromatic nitrogens is 3. The van der Waals surface area contributed by atoms with Crippen LogP contribution in [0.3, 0.4) is 0 Å². The summed E-state index contributed by atoms with van der Waals surface area (Å²) in [5, 5.41) is 7.76. The minimum absolute atomic E-state index is 0.368. The van der Waals surface area contributed by atoms with E-state index in [1.54, 1.807) is 26.0 Å². The van der Waals surface area contributed by atoms with Gasteiger partial charge in [-0.1, -0.05) is 17.3 Å². The third kappa shape index (κ3) is 2.39. The number of carbonyl (C=O) groups excluding carboxylic acids is 1. The molecule has 0 saturated carbocycles. The van der Waals surface area contributed by atoms with Gasteiger partial charge in [-0.05, 0) is 26.0 Å². The van der Waals surface area contributed by atoms with Crippen LogP contribution in [0.4, 0.5) is 0 Å². The van der Waals surface area contributed by atoms with Gasteiger partial charge < -0.3 is 9.47 Å². The maximum absolute atomic E-state index is 12.2. The van der Waals surface area contributed by atoms with Gasteiger partial charge in [-0.25, -0.2) is 0 Å². The van der Waals surface area contributed by atoms with Gasteiger partial charge in [0.1, 0.15) is 5.52 Å². The van der Waals surface area contributed by atoms with Crippen LogP contribution in [0, 0.1) is 0 Å². The normalized spacial score (nSPS) is 11.3. The molecule has 0 unspecified atom stereocenters. The van der Waals surface area contributed by atoms with Crippen molar-refractivity contribution in [3.63, 3.8) is 0 Å². The SMILES string of the molecule is CCOC(OCC)C(=O)n1nnc2ccccc21. The predicted molar refractivity (Wildman–Crippen MR) is 65.2 cm³/mol. The Morgan fingerprint density at radius 2 is 1.94 bits per heavy atom. The molecular formula is C12H15N3O3. The highest BCUT2D eigenvalue weighted by Gasteiger charge is 2.23. The van der Waals surface area contributed by atoms with E-state index < -0.39 is 6.29 Å². The second-order valence-corrected chi connectivity index (χ2v) is 3.57. The zero-order chi connectivity index (χ0) is 13.0. The Bertz CT molecular complexity index is 532. The van der Waals surface area contributed by atoms with Gasteiger partial charge in [-0.2, -0.15) is 4.68 Å². The quantitative estimate of drug-likeness (QED) is 0.751. The molecule has 0 radical (unpaired) electrons. The van der Waals surface area contributed by atoms with Crippen molar-refractivity contribution in [2.24, 2.45) is 0 Å². The van der Waals surface area contributed by atoms with Crippen molar-refractivity contribution in [3.05, 3.63) is 24.3 Å². The highest BCUT2D eigenvalue weighted by molar-refractivity contribution is 5.90. The molecule has 18 heavy (non-hydrogen) atoms. The molecule has 0 atom stereocenters. The fraction of sp³-hybridized carbons (Fsp3) is 0.417. The summed E-state index contributed by atoms with van der Waals surface area (Å²) in [6, 6.07) is 7.24. The molecule has 0 spiro atoms. The fourth-order valence-corrected chi connectivity index (χ4v) is 1.62. The Labute approximate surface area is 104 Å². The molecule has 0 saturated heterocycles. The Kier molecular flexibility index (Phi) is 4.01. The van der Waals surface area contributed by atoms with Crippen molar-refractivity contribution in [1.82, 2.24) is 15.0 Å². The molecule has 2 aromatic rings. The number of benzene rings is 1. The molecule has 2 rings (SSSR count). The molecule has 6 nitrogen and oxygen atoms in total. The molecule has 96 valence electrons. The summed E-state index contributed by atoms with van der Waals surface area (Å²) in [5.41, 5.74) is 1.31. The highest BCUT2D eigenvalue weighted by atomic mass is 16.7. The summed E-state index contributed by atoms with van der Waals surface area (Å²) in [6.07, 6.45) is -0.940. The van der Waals surface area contributed by atoms with E-state index in [0.29, 0.717) is 24.2 Å². The molecule has 1 aromatic carbocycles. The average molecular weight is 249 g/mol. The van der Waals surface area contributed by atoms with Crippen molar-refractivity contribution in [2.45, 2.75) is 20.1 Å². The van der Waals surface area contributed by atoms with Crippen LogP contribution in [0.15, 0.2) is 24.3 Å². The molecule has 0 fully saturated rings. The smallest absolute Gasteiger partial charge is 0.305 e. The van der Waals surface area contributed by atoms with Crippen LogP contribution in [-0.4, -0.2) is 40.4 Å². The fourth-order valence-electron chi connectivity index (χ4n) is 1.62. The second kappa shape index (κ2) is 5.70. The zero-order valence-corrected chi connectivity index (χ0v) is 10.4. The monoisotopic (exact) mass is 249 g/mol. The van der Waals surface area contributed by atoms with Crippen molar-refractivity contribution in [1.29, 1.82) is 0 Å². The number of hydrogen-bond acceptors (Lipinski definition) is 5. The van der Waals surface area contributed by atoms with E-state index in [4.69, 9.17) is 9.47 Å². The van der Waals surface area contributed by atoms with Crippen LogP contribution in [0.5, 0.6) is 0 Å². The van der Waals surface area contributed by atoms with Gasteiger partial charge in [0.05, 0.1) is 5.52 Å². The summed E-state index contributed by atoms with van der Waals surface area (Å²) >= 11 is 0. The van der Waals surface area contributed by atoms with Crippen LogP contribution in [0.2, 0.25) is 0 Å². The first kappa shape index (κ1) is 12.7. The van der Waals surface area contributed by atoms with E-state index in [1.165, 1.54) is 4.68 Å². The first-order chi connectivity index (χ1) is 8.77. The summed E-state index contributed by atoms with van der Waals surface area (Å²) in [5.74, 6) is -0.368. The first-order valence-electron chi connectivity index (χ1n) is 5.85. The van der Waals surface area contributed by atoms with E-state index >= 15 is 0 Å². The highest BCUT2D eigenvalue weighted by Crippen LogP contribution is 2.11. The van der Waals surface area contributed by atoms with Gasteiger partial charge >= 0.3 is 5.91 Å². The maximum Gasteiger partial charge on any atom is 0.305 e. The van der Waals surface area contributed by atoms with E-state index in [2.05, 4.69) is 10.3 Å². The lowest BCUT2D eigenvalue weighted by molar-refractivity contribution is -0.111. The predicted octanol–water partition coefficient (Wildman–Crippen LogP) is 1.47. The first-order valence-corrected chi connectivity index (χ1v) is 5.85.